The lowest BCUT2D eigenvalue weighted by Crippen LogP contribution is -2.28. The van der Waals surface area contributed by atoms with Gasteiger partial charge in [-0.3, -0.25) is 19.3 Å². The summed E-state index contributed by atoms with van der Waals surface area (Å²) < 4.78 is 38.0. The maximum atomic E-state index is 12.7. The summed E-state index contributed by atoms with van der Waals surface area (Å²) in [5.41, 5.74) is 1.38. The van der Waals surface area contributed by atoms with Gasteiger partial charge < -0.3 is 5.32 Å². The van der Waals surface area contributed by atoms with Gasteiger partial charge in [0.2, 0.25) is 17.7 Å². The minimum atomic E-state index is -4.37. The summed E-state index contributed by atoms with van der Waals surface area (Å²) in [6.45, 7) is 0.213. The molecule has 1 aliphatic carbocycles. The lowest BCUT2D eigenvalue weighted by Gasteiger charge is -2.14. The van der Waals surface area contributed by atoms with Crippen LogP contribution in [0.4, 0.5) is 18.9 Å². The average Bonchev–Trinajstić information content (AvgIpc) is 3.46. The number of nitrogens with zero attached hydrogens (tertiary/aromatic N) is 1. The van der Waals surface area contributed by atoms with Crippen LogP contribution in [0.2, 0.25) is 0 Å². The molecule has 0 bridgehead atoms. The predicted octanol–water partition coefficient (Wildman–Crippen LogP) is 4.10. The van der Waals surface area contributed by atoms with Crippen LogP contribution in [0.25, 0.3) is 0 Å². The van der Waals surface area contributed by atoms with Gasteiger partial charge in [0.1, 0.15) is 0 Å². The topological polar surface area (TPSA) is 66.5 Å². The van der Waals surface area contributed by atoms with Crippen LogP contribution in [0.1, 0.15) is 41.9 Å². The summed E-state index contributed by atoms with van der Waals surface area (Å²) in [6, 6.07) is 11.8. The second-order valence-corrected chi connectivity index (χ2v) is 7.63. The first-order valence-corrected chi connectivity index (χ1v) is 9.62. The highest BCUT2D eigenvalue weighted by Gasteiger charge is 2.44. The molecular formula is C22H19F3N2O3. The summed E-state index contributed by atoms with van der Waals surface area (Å²) >= 11 is 0. The number of carbonyl (C=O) groups excluding carboxylic acids is 3. The Morgan fingerprint density at radius 3 is 2.13 bits per heavy atom. The molecule has 30 heavy (non-hydrogen) atoms. The number of anilines is 1. The SMILES string of the molecule is O=C(Nc1ccc(CN2C(=O)CCC2=O)cc1)C1CC1c1ccc(C(F)(F)F)cc1. The molecule has 156 valence electrons. The van der Waals surface area contributed by atoms with Gasteiger partial charge in [-0.15, -0.1) is 0 Å². The van der Waals surface area contributed by atoms with E-state index in [0.717, 1.165) is 23.3 Å². The highest BCUT2D eigenvalue weighted by atomic mass is 19.4. The molecule has 0 radical (unpaired) electrons. The van der Waals surface area contributed by atoms with Crippen LogP contribution >= 0.6 is 0 Å². The third kappa shape index (κ3) is 4.22. The Balaban J connectivity index is 1.32. The molecule has 1 aliphatic heterocycles. The maximum Gasteiger partial charge on any atom is 0.416 e. The standard InChI is InChI=1S/C22H19F3N2O3/c23-22(24,25)15-5-3-14(4-6-15)17-11-18(17)21(30)26-16-7-1-13(2-8-16)12-27-19(28)9-10-20(27)29/h1-8,17-18H,9-12H2,(H,26,30). The van der Waals surface area contributed by atoms with Crippen molar-refractivity contribution in [1.82, 2.24) is 4.90 Å². The Bertz CT molecular complexity index is 968. The molecule has 2 atom stereocenters. The fourth-order valence-electron chi connectivity index (χ4n) is 3.68. The number of likely N-dealkylation sites (tertiary alicyclic amines) is 1. The van der Waals surface area contributed by atoms with E-state index in [0.29, 0.717) is 12.1 Å². The lowest BCUT2D eigenvalue weighted by molar-refractivity contribution is -0.139. The summed E-state index contributed by atoms with van der Waals surface area (Å²) in [6.07, 6.45) is -3.29. The van der Waals surface area contributed by atoms with Crippen LogP contribution in [0.15, 0.2) is 48.5 Å². The molecule has 8 heteroatoms. The van der Waals surface area contributed by atoms with E-state index in [1.165, 1.54) is 17.0 Å². The molecule has 0 spiro atoms. The van der Waals surface area contributed by atoms with Crippen molar-refractivity contribution in [3.8, 4) is 0 Å². The summed E-state index contributed by atoms with van der Waals surface area (Å²) in [4.78, 5) is 37.1. The van der Waals surface area contributed by atoms with Crippen molar-refractivity contribution >= 4 is 23.4 Å². The van der Waals surface area contributed by atoms with Gasteiger partial charge in [0.15, 0.2) is 0 Å². The molecule has 1 heterocycles. The zero-order valence-corrected chi connectivity index (χ0v) is 15.9. The van der Waals surface area contributed by atoms with Crippen molar-refractivity contribution in [2.75, 3.05) is 5.32 Å². The summed E-state index contributed by atoms with van der Waals surface area (Å²) in [7, 11) is 0. The molecule has 1 saturated carbocycles. The van der Waals surface area contributed by atoms with E-state index in [1.807, 2.05) is 0 Å². The first-order chi connectivity index (χ1) is 14.2. The number of rotatable bonds is 5. The molecule has 1 N–H and O–H groups in total. The van der Waals surface area contributed by atoms with Crippen molar-refractivity contribution in [1.29, 1.82) is 0 Å². The zero-order valence-electron chi connectivity index (χ0n) is 15.9. The molecule has 2 aromatic rings. The number of halogens is 3. The molecule has 0 aromatic heterocycles. The Kier molecular flexibility index (Phi) is 5.09. The molecule has 2 unspecified atom stereocenters. The van der Waals surface area contributed by atoms with E-state index in [2.05, 4.69) is 5.32 Å². The highest BCUT2D eigenvalue weighted by molar-refractivity contribution is 6.01. The fourth-order valence-corrected chi connectivity index (χ4v) is 3.68. The zero-order chi connectivity index (χ0) is 21.5. The molecule has 1 saturated heterocycles. The monoisotopic (exact) mass is 416 g/mol. The number of amides is 3. The van der Waals surface area contributed by atoms with Gasteiger partial charge in [-0.05, 0) is 47.7 Å². The van der Waals surface area contributed by atoms with Crippen LogP contribution in [-0.2, 0) is 27.1 Å². The molecule has 5 nitrogen and oxygen atoms in total. The van der Waals surface area contributed by atoms with Gasteiger partial charge >= 0.3 is 6.18 Å². The third-order valence-corrected chi connectivity index (χ3v) is 5.51. The first-order valence-electron chi connectivity index (χ1n) is 9.62. The minimum Gasteiger partial charge on any atom is -0.326 e. The van der Waals surface area contributed by atoms with Crippen LogP contribution in [-0.4, -0.2) is 22.6 Å². The van der Waals surface area contributed by atoms with Crippen molar-refractivity contribution in [2.45, 2.75) is 37.9 Å². The van der Waals surface area contributed by atoms with Gasteiger partial charge in [-0.25, -0.2) is 0 Å². The van der Waals surface area contributed by atoms with E-state index in [-0.39, 0.29) is 48.9 Å². The van der Waals surface area contributed by atoms with Crippen molar-refractivity contribution in [3.63, 3.8) is 0 Å². The number of imide groups is 1. The largest absolute Gasteiger partial charge is 0.416 e. The van der Waals surface area contributed by atoms with E-state index >= 15 is 0 Å². The normalized spacial score (nSPS) is 21.1. The fraction of sp³-hybridized carbons (Fsp3) is 0.318. The molecular weight excluding hydrogens is 397 g/mol. The van der Waals surface area contributed by atoms with E-state index in [4.69, 9.17) is 0 Å². The van der Waals surface area contributed by atoms with Gasteiger partial charge in [0, 0.05) is 24.4 Å². The average molecular weight is 416 g/mol. The number of benzene rings is 2. The Morgan fingerprint density at radius 2 is 1.57 bits per heavy atom. The van der Waals surface area contributed by atoms with Gasteiger partial charge in [-0.1, -0.05) is 24.3 Å². The van der Waals surface area contributed by atoms with Crippen molar-refractivity contribution in [2.24, 2.45) is 5.92 Å². The quantitative estimate of drug-likeness (QED) is 0.747. The number of nitrogens with one attached hydrogen (secondary N) is 1. The van der Waals surface area contributed by atoms with Crippen molar-refractivity contribution < 1.29 is 27.6 Å². The van der Waals surface area contributed by atoms with Crippen LogP contribution in [0, 0.1) is 5.92 Å². The molecule has 4 rings (SSSR count). The second-order valence-electron chi connectivity index (χ2n) is 7.63. The highest BCUT2D eigenvalue weighted by Crippen LogP contribution is 2.48. The summed E-state index contributed by atoms with van der Waals surface area (Å²) in [5, 5.41) is 2.81. The second kappa shape index (κ2) is 7.59. The number of hydrogen-bond donors (Lipinski definition) is 1. The van der Waals surface area contributed by atoms with Gasteiger partial charge in [0.25, 0.3) is 0 Å². The van der Waals surface area contributed by atoms with Crippen LogP contribution in [0.5, 0.6) is 0 Å². The van der Waals surface area contributed by atoms with E-state index in [9.17, 15) is 27.6 Å². The van der Waals surface area contributed by atoms with E-state index in [1.54, 1.807) is 24.3 Å². The lowest BCUT2D eigenvalue weighted by atomic mass is 10.1. The van der Waals surface area contributed by atoms with Crippen LogP contribution in [0.3, 0.4) is 0 Å². The molecule has 3 amide bonds. The third-order valence-electron chi connectivity index (χ3n) is 5.51. The number of hydrogen-bond acceptors (Lipinski definition) is 3. The van der Waals surface area contributed by atoms with Crippen LogP contribution < -0.4 is 5.32 Å². The van der Waals surface area contributed by atoms with Gasteiger partial charge in [0.05, 0.1) is 12.1 Å². The predicted molar refractivity (Wildman–Crippen MR) is 102 cm³/mol. The minimum absolute atomic E-state index is 0.0845. The van der Waals surface area contributed by atoms with E-state index < -0.39 is 11.7 Å². The first kappa shape index (κ1) is 20.1. The maximum absolute atomic E-state index is 12.7. The summed E-state index contributed by atoms with van der Waals surface area (Å²) in [5.74, 6) is -0.904. The number of carbonyl (C=O) groups is 3. The number of alkyl halides is 3. The Hall–Kier alpha value is -3.16. The Morgan fingerprint density at radius 1 is 0.967 bits per heavy atom. The smallest absolute Gasteiger partial charge is 0.326 e. The molecule has 2 fully saturated rings. The molecule has 2 aliphatic rings. The van der Waals surface area contributed by atoms with Crippen molar-refractivity contribution in [3.05, 3.63) is 65.2 Å². The molecule has 2 aromatic carbocycles. The van der Waals surface area contributed by atoms with Gasteiger partial charge in [-0.2, -0.15) is 13.2 Å². The Labute approximate surface area is 170 Å².